The Morgan fingerprint density at radius 2 is 1.75 bits per heavy atom. The van der Waals surface area contributed by atoms with Crippen LogP contribution < -0.4 is 0 Å². The Balaban J connectivity index is 0.00000144. The molecular weight excluding hydrogens is 152 g/mol. The van der Waals surface area contributed by atoms with Crippen molar-refractivity contribution < 1.29 is 11.0 Å². The molecule has 0 radical (unpaired) electrons. The molecule has 0 amide bonds. The zero-order valence-corrected chi connectivity index (χ0v) is 7.55. The number of rotatable bonds is 0. The Morgan fingerprint density at radius 3 is 2.17 bits per heavy atom. The van der Waals surface area contributed by atoms with Gasteiger partial charge in [0.15, 0.2) is 11.6 Å². The number of allylic oxidation sites excluding steroid dienone is 4. The van der Waals surface area contributed by atoms with Crippen molar-refractivity contribution in [2.45, 2.75) is 20.8 Å². The first-order valence-corrected chi connectivity index (χ1v) is 3.90. The number of hydrogen-bond donors (Lipinski definition) is 0. The van der Waals surface area contributed by atoms with E-state index < -0.39 is 0 Å². The van der Waals surface area contributed by atoms with E-state index in [1.54, 1.807) is 0 Å². The van der Waals surface area contributed by atoms with Crippen LogP contribution in [0, 0.1) is 5.41 Å². The molecule has 0 saturated carbocycles. The van der Waals surface area contributed by atoms with E-state index in [2.05, 4.69) is 0 Å². The molecule has 0 aromatic heterocycles. The topological polar surface area (TPSA) is 34.1 Å². The Labute approximate surface area is 73.4 Å². The van der Waals surface area contributed by atoms with E-state index in [9.17, 15) is 9.59 Å². The number of carbonyl (C=O) groups is 2. The van der Waals surface area contributed by atoms with E-state index in [-0.39, 0.29) is 18.4 Å². The Hall–Kier alpha value is -1.18. The van der Waals surface area contributed by atoms with Gasteiger partial charge in [-0.1, -0.05) is 20.8 Å². The van der Waals surface area contributed by atoms with Crippen molar-refractivity contribution in [1.29, 1.82) is 0 Å². The van der Waals surface area contributed by atoms with Gasteiger partial charge in [0.1, 0.15) is 0 Å². The van der Waals surface area contributed by atoms with Crippen molar-refractivity contribution in [1.82, 2.24) is 0 Å². The maximum atomic E-state index is 11.3. The van der Waals surface area contributed by atoms with Crippen LogP contribution in [0.1, 0.15) is 22.2 Å². The molecule has 0 saturated heterocycles. The molecule has 0 fully saturated rings. The summed E-state index contributed by atoms with van der Waals surface area (Å²) in [4.78, 5) is 22.2. The van der Waals surface area contributed by atoms with Crippen molar-refractivity contribution in [3.63, 3.8) is 0 Å². The van der Waals surface area contributed by atoms with Gasteiger partial charge in [0.2, 0.25) is 0 Å². The summed E-state index contributed by atoms with van der Waals surface area (Å²) in [5.41, 5.74) is 0.354. The van der Waals surface area contributed by atoms with Crippen LogP contribution in [0.5, 0.6) is 0 Å². The maximum absolute atomic E-state index is 11.3. The van der Waals surface area contributed by atoms with Gasteiger partial charge in [-0.05, 0) is 23.6 Å². The number of carbonyl (C=O) groups excluding carboxylic acids is 2. The Bertz CT molecular complexity index is 293. The van der Waals surface area contributed by atoms with E-state index >= 15 is 0 Å². The molecule has 0 aromatic carbocycles. The number of ketones is 2. The first-order valence-electron chi connectivity index (χ1n) is 3.90. The van der Waals surface area contributed by atoms with Gasteiger partial charge in [0, 0.05) is 5.57 Å². The molecule has 0 atom stereocenters. The molecule has 1 aliphatic carbocycles. The summed E-state index contributed by atoms with van der Waals surface area (Å²) in [5.74, 6) is -0.151. The minimum atomic E-state index is -0.239. The van der Waals surface area contributed by atoms with Crippen molar-refractivity contribution in [2.75, 3.05) is 0 Å². The van der Waals surface area contributed by atoms with Crippen LogP contribution in [0.3, 0.4) is 0 Å². The fraction of sp³-hybridized carbons (Fsp3) is 0.400. The first-order chi connectivity index (χ1) is 5.41. The molecule has 0 unspecified atom stereocenters. The van der Waals surface area contributed by atoms with Gasteiger partial charge < -0.3 is 0 Å². The molecule has 0 aromatic rings. The molecule has 0 aliphatic heterocycles. The van der Waals surface area contributed by atoms with E-state index in [1.165, 1.54) is 18.2 Å². The second-order valence-electron chi connectivity index (χ2n) is 3.91. The molecule has 0 heterocycles. The molecule has 0 bridgehead atoms. The first kappa shape index (κ1) is 8.91. The van der Waals surface area contributed by atoms with Crippen molar-refractivity contribution in [2.24, 2.45) is 5.41 Å². The largest absolute Gasteiger partial charge is 1.00 e. The average Bonchev–Trinajstić information content (AvgIpc) is 1.92. The summed E-state index contributed by atoms with van der Waals surface area (Å²) < 4.78 is 0. The highest BCUT2D eigenvalue weighted by atomic mass is 16.1. The lowest BCUT2D eigenvalue weighted by Gasteiger charge is -2.21. The average molecular weight is 165 g/mol. The van der Waals surface area contributed by atoms with Crippen LogP contribution >= 0.6 is 0 Å². The summed E-state index contributed by atoms with van der Waals surface area (Å²) in [7, 11) is 0. The smallest absolute Gasteiger partial charge is 0.290 e. The monoisotopic (exact) mass is 165 g/mol. The van der Waals surface area contributed by atoms with Crippen molar-refractivity contribution >= 4 is 11.6 Å². The van der Waals surface area contributed by atoms with E-state index in [4.69, 9.17) is 0 Å². The summed E-state index contributed by atoms with van der Waals surface area (Å²) in [5, 5.41) is 0. The molecule has 0 spiro atoms. The summed E-state index contributed by atoms with van der Waals surface area (Å²) in [6.45, 7) is 5.76. The van der Waals surface area contributed by atoms with Gasteiger partial charge in [-0.2, -0.15) is 0 Å². The zero-order chi connectivity index (χ0) is 9.35. The highest BCUT2D eigenvalue weighted by molar-refractivity contribution is 6.17. The minimum absolute atomic E-state index is 0. The second-order valence-corrected chi connectivity index (χ2v) is 3.91. The van der Waals surface area contributed by atoms with Gasteiger partial charge in [0.25, 0.3) is 0 Å². The van der Waals surface area contributed by atoms with Gasteiger partial charge in [-0.3, -0.25) is 9.59 Å². The molecule has 2 nitrogen and oxygen atoms in total. The van der Waals surface area contributed by atoms with Crippen molar-refractivity contribution in [3.8, 4) is 0 Å². The van der Waals surface area contributed by atoms with Gasteiger partial charge in [-0.25, -0.2) is 0 Å². The lowest BCUT2D eigenvalue weighted by molar-refractivity contribution is -0.115. The third-order valence-corrected chi connectivity index (χ3v) is 1.76. The molecular formula is C10H13O2+. The predicted octanol–water partition coefficient (Wildman–Crippen LogP) is 1.78. The van der Waals surface area contributed by atoms with Crippen LogP contribution in [0.2, 0.25) is 0 Å². The summed E-state index contributed by atoms with van der Waals surface area (Å²) >= 11 is 0. The Kier molecular flexibility index (Phi) is 2.01. The normalized spacial score (nSPS) is 18.1. The zero-order valence-electron chi connectivity index (χ0n) is 8.55. The Morgan fingerprint density at radius 1 is 1.17 bits per heavy atom. The molecule has 2 heteroatoms. The fourth-order valence-electron chi connectivity index (χ4n) is 1.10. The fourth-order valence-corrected chi connectivity index (χ4v) is 1.10. The lowest BCUT2D eigenvalue weighted by Crippen LogP contribution is -2.20. The lowest BCUT2D eigenvalue weighted by atomic mass is 9.81. The van der Waals surface area contributed by atoms with E-state index in [0.29, 0.717) is 5.57 Å². The standard InChI is InChI=1S/C10H12O2/c1-10(2,3)8-6-7(11)4-5-9(8)12/h4-6H,1-3H3/p+1. The van der Waals surface area contributed by atoms with Crippen LogP contribution in [-0.4, -0.2) is 11.6 Å². The quantitative estimate of drug-likeness (QED) is 0.513. The van der Waals surface area contributed by atoms with Crippen molar-refractivity contribution in [3.05, 3.63) is 23.8 Å². The SMILES string of the molecule is CC(C)(C)C1=CC(=O)C=CC1=O.[H+]. The second kappa shape index (κ2) is 2.70. The van der Waals surface area contributed by atoms with Gasteiger partial charge >= 0.3 is 1.43 Å². The highest BCUT2D eigenvalue weighted by Gasteiger charge is 2.24. The molecule has 1 rings (SSSR count). The summed E-state index contributed by atoms with van der Waals surface area (Å²) in [6, 6.07) is 0. The van der Waals surface area contributed by atoms with Gasteiger partial charge in [0.05, 0.1) is 0 Å². The minimum Gasteiger partial charge on any atom is -0.290 e. The third-order valence-electron chi connectivity index (χ3n) is 1.76. The molecule has 12 heavy (non-hydrogen) atoms. The summed E-state index contributed by atoms with van der Waals surface area (Å²) in [6.07, 6.45) is 4.06. The van der Waals surface area contributed by atoms with Crippen LogP contribution in [-0.2, 0) is 9.59 Å². The third kappa shape index (κ3) is 1.70. The van der Waals surface area contributed by atoms with Gasteiger partial charge in [-0.15, -0.1) is 0 Å². The van der Waals surface area contributed by atoms with Crippen LogP contribution in [0.4, 0.5) is 0 Å². The maximum Gasteiger partial charge on any atom is 1.00 e. The molecule has 1 aliphatic rings. The highest BCUT2D eigenvalue weighted by Crippen LogP contribution is 2.27. The van der Waals surface area contributed by atoms with Crippen LogP contribution in [0.25, 0.3) is 0 Å². The van der Waals surface area contributed by atoms with E-state index in [1.807, 2.05) is 20.8 Å². The van der Waals surface area contributed by atoms with Crippen LogP contribution in [0.15, 0.2) is 23.8 Å². The van der Waals surface area contributed by atoms with E-state index in [0.717, 1.165) is 0 Å². The predicted molar refractivity (Wildman–Crippen MR) is 47.8 cm³/mol. The number of hydrogen-bond acceptors (Lipinski definition) is 2. The molecule has 64 valence electrons. The molecule has 0 N–H and O–H groups in total.